The number of nitrogens with zero attached hydrogens (tertiary/aromatic N) is 2. The minimum Gasteiger partial charge on any atom is -0.507 e. The number of amides is 1. The van der Waals surface area contributed by atoms with Crippen LogP contribution in [0.2, 0.25) is 0 Å². The predicted octanol–water partition coefficient (Wildman–Crippen LogP) is 7.09. The summed E-state index contributed by atoms with van der Waals surface area (Å²) in [6, 6.07) is 17.5. The second kappa shape index (κ2) is 10.1. The van der Waals surface area contributed by atoms with Crippen LogP contribution in [0.1, 0.15) is 41.6 Å². The highest BCUT2D eigenvalue weighted by atomic mass is 79.9. The van der Waals surface area contributed by atoms with Crippen LogP contribution in [0.15, 0.2) is 70.7 Å². The standard InChI is InChI=1S/C29H25BrN2O4S/c1-4-12-36-21-10-8-18(9-11-21)26(33)23-25(19-6-5-7-20(30)15-19)32(28(35)27(23)34)29-31-24-17(3)13-16(2)14-22(24)37-29/h5-11,13-15,25,33H,4,12H2,1-3H3. The van der Waals surface area contributed by atoms with Crippen LogP contribution in [-0.2, 0) is 9.59 Å². The average Bonchev–Trinajstić information content (AvgIpc) is 3.41. The number of hydrogen-bond acceptors (Lipinski definition) is 6. The Balaban J connectivity index is 1.67. The summed E-state index contributed by atoms with van der Waals surface area (Å²) in [5, 5.41) is 11.8. The third kappa shape index (κ3) is 4.67. The van der Waals surface area contributed by atoms with E-state index < -0.39 is 17.7 Å². The number of anilines is 1. The van der Waals surface area contributed by atoms with Gasteiger partial charge in [-0.1, -0.05) is 52.4 Å². The second-order valence-corrected chi connectivity index (χ2v) is 10.9. The largest absolute Gasteiger partial charge is 0.507 e. The molecule has 8 heteroatoms. The van der Waals surface area contributed by atoms with E-state index in [1.165, 1.54) is 16.2 Å². The molecule has 1 amide bonds. The van der Waals surface area contributed by atoms with E-state index in [0.29, 0.717) is 28.6 Å². The molecule has 1 fully saturated rings. The van der Waals surface area contributed by atoms with Gasteiger partial charge in [0.05, 0.1) is 28.4 Å². The minimum absolute atomic E-state index is 0.0254. The first-order valence-electron chi connectivity index (χ1n) is 12.0. The smallest absolute Gasteiger partial charge is 0.301 e. The zero-order valence-corrected chi connectivity index (χ0v) is 23.0. The van der Waals surface area contributed by atoms with E-state index in [1.807, 2.05) is 57.2 Å². The predicted molar refractivity (Wildman–Crippen MR) is 150 cm³/mol. The molecule has 2 heterocycles. The van der Waals surface area contributed by atoms with Gasteiger partial charge in [0, 0.05) is 10.0 Å². The maximum atomic E-state index is 13.5. The van der Waals surface area contributed by atoms with Crippen molar-refractivity contribution >= 4 is 60.1 Å². The molecule has 1 N–H and O–H groups in total. The fourth-order valence-electron chi connectivity index (χ4n) is 4.57. The lowest BCUT2D eigenvalue weighted by molar-refractivity contribution is -0.132. The number of ether oxygens (including phenoxy) is 1. The summed E-state index contributed by atoms with van der Waals surface area (Å²) in [7, 11) is 0. The SMILES string of the molecule is CCCOc1ccc(C(O)=C2C(=O)C(=O)N(c3nc4c(C)cc(C)cc4s3)C2c2cccc(Br)c2)cc1. The van der Waals surface area contributed by atoms with Crippen LogP contribution in [0.4, 0.5) is 5.13 Å². The van der Waals surface area contributed by atoms with Gasteiger partial charge in [0.2, 0.25) is 0 Å². The number of ketones is 1. The zero-order chi connectivity index (χ0) is 26.3. The highest BCUT2D eigenvalue weighted by Crippen LogP contribution is 2.45. The van der Waals surface area contributed by atoms with Crippen molar-refractivity contribution in [2.45, 2.75) is 33.2 Å². The van der Waals surface area contributed by atoms with Crippen LogP contribution in [0.25, 0.3) is 16.0 Å². The van der Waals surface area contributed by atoms with Gasteiger partial charge < -0.3 is 9.84 Å². The molecule has 5 rings (SSSR count). The molecule has 1 aromatic heterocycles. The number of aryl methyl sites for hydroxylation is 2. The highest BCUT2D eigenvalue weighted by molar-refractivity contribution is 9.10. The van der Waals surface area contributed by atoms with Gasteiger partial charge in [-0.2, -0.15) is 0 Å². The third-order valence-electron chi connectivity index (χ3n) is 6.23. The number of fused-ring (bicyclic) bond motifs is 1. The van der Waals surface area contributed by atoms with Crippen LogP contribution in [0.5, 0.6) is 5.75 Å². The lowest BCUT2D eigenvalue weighted by Crippen LogP contribution is -2.29. The maximum Gasteiger partial charge on any atom is 0.301 e. The van der Waals surface area contributed by atoms with Crippen molar-refractivity contribution < 1.29 is 19.4 Å². The lowest BCUT2D eigenvalue weighted by Gasteiger charge is -2.23. The van der Waals surface area contributed by atoms with Crippen molar-refractivity contribution in [3.05, 3.63) is 93.0 Å². The number of aliphatic hydroxyl groups is 1. The topological polar surface area (TPSA) is 79.7 Å². The van der Waals surface area contributed by atoms with Gasteiger partial charge in [-0.05, 0) is 79.4 Å². The lowest BCUT2D eigenvalue weighted by atomic mass is 9.95. The normalized spacial score (nSPS) is 17.1. The van der Waals surface area contributed by atoms with Gasteiger partial charge in [0.25, 0.3) is 5.78 Å². The highest BCUT2D eigenvalue weighted by Gasteiger charge is 2.48. The third-order valence-corrected chi connectivity index (χ3v) is 7.73. The number of benzene rings is 3. The van der Waals surface area contributed by atoms with Gasteiger partial charge in [0.15, 0.2) is 5.13 Å². The molecule has 0 bridgehead atoms. The molecule has 37 heavy (non-hydrogen) atoms. The van der Waals surface area contributed by atoms with Crippen molar-refractivity contribution in [2.75, 3.05) is 11.5 Å². The number of hydrogen-bond donors (Lipinski definition) is 1. The molecule has 1 aliphatic heterocycles. The first-order chi connectivity index (χ1) is 17.8. The summed E-state index contributed by atoms with van der Waals surface area (Å²) < 4.78 is 7.37. The molecule has 6 nitrogen and oxygen atoms in total. The molecule has 0 radical (unpaired) electrons. The minimum atomic E-state index is -0.838. The fourth-order valence-corrected chi connectivity index (χ4v) is 6.15. The Morgan fingerprint density at radius 3 is 2.57 bits per heavy atom. The van der Waals surface area contributed by atoms with Crippen molar-refractivity contribution in [3.8, 4) is 5.75 Å². The monoisotopic (exact) mass is 576 g/mol. The van der Waals surface area contributed by atoms with E-state index in [2.05, 4.69) is 15.9 Å². The Hall–Kier alpha value is -3.49. The van der Waals surface area contributed by atoms with Gasteiger partial charge in [-0.15, -0.1) is 0 Å². The van der Waals surface area contributed by atoms with Crippen molar-refractivity contribution in [1.29, 1.82) is 0 Å². The second-order valence-electron chi connectivity index (χ2n) is 9.02. The number of Topliss-reactive ketones (excluding diaryl/α,β-unsaturated/α-hetero) is 1. The molecule has 1 aliphatic rings. The number of aliphatic hydroxyl groups excluding tert-OH is 1. The number of rotatable bonds is 6. The number of carbonyl (C=O) groups is 2. The van der Waals surface area contributed by atoms with Crippen LogP contribution in [0.3, 0.4) is 0 Å². The Labute approximate surface area is 227 Å². The van der Waals surface area contributed by atoms with E-state index in [1.54, 1.807) is 24.3 Å². The van der Waals surface area contributed by atoms with Gasteiger partial charge in [-0.3, -0.25) is 14.5 Å². The number of thiazole rings is 1. The maximum absolute atomic E-state index is 13.5. The molecule has 0 spiro atoms. The summed E-state index contributed by atoms with van der Waals surface area (Å²) in [6.45, 7) is 6.60. The molecule has 0 saturated carbocycles. The summed E-state index contributed by atoms with van der Waals surface area (Å²) in [5.74, 6) is -1.03. The molecule has 4 aromatic rings. The van der Waals surface area contributed by atoms with Gasteiger partial charge in [0.1, 0.15) is 11.5 Å². The molecular formula is C29H25BrN2O4S. The zero-order valence-electron chi connectivity index (χ0n) is 20.6. The summed E-state index contributed by atoms with van der Waals surface area (Å²) in [4.78, 5) is 33.1. The van der Waals surface area contributed by atoms with Gasteiger partial charge >= 0.3 is 5.91 Å². The quantitative estimate of drug-likeness (QED) is 0.150. The summed E-state index contributed by atoms with van der Waals surface area (Å²) >= 11 is 4.86. The van der Waals surface area contributed by atoms with Crippen LogP contribution >= 0.6 is 27.3 Å². The van der Waals surface area contributed by atoms with E-state index in [4.69, 9.17) is 9.72 Å². The molecule has 1 unspecified atom stereocenters. The number of halogens is 1. The Morgan fingerprint density at radius 2 is 1.86 bits per heavy atom. The average molecular weight is 578 g/mol. The van der Waals surface area contributed by atoms with Crippen molar-refractivity contribution in [2.24, 2.45) is 0 Å². The molecule has 188 valence electrons. The summed E-state index contributed by atoms with van der Waals surface area (Å²) in [5.41, 5.74) is 4.03. The van der Waals surface area contributed by atoms with Crippen LogP contribution in [0, 0.1) is 13.8 Å². The summed E-state index contributed by atoms with van der Waals surface area (Å²) in [6.07, 6.45) is 0.878. The molecular weight excluding hydrogens is 552 g/mol. The molecule has 1 atom stereocenters. The Kier molecular flexibility index (Phi) is 6.88. The number of aromatic nitrogens is 1. The van der Waals surface area contributed by atoms with E-state index in [9.17, 15) is 14.7 Å². The van der Waals surface area contributed by atoms with Crippen LogP contribution in [-0.4, -0.2) is 28.4 Å². The van der Waals surface area contributed by atoms with Gasteiger partial charge in [-0.25, -0.2) is 4.98 Å². The molecule has 1 saturated heterocycles. The molecule has 0 aliphatic carbocycles. The van der Waals surface area contributed by atoms with Crippen LogP contribution < -0.4 is 9.64 Å². The Morgan fingerprint density at radius 1 is 1.11 bits per heavy atom. The number of carbonyl (C=O) groups excluding carboxylic acids is 2. The molecule has 3 aromatic carbocycles. The van der Waals surface area contributed by atoms with Crippen molar-refractivity contribution in [1.82, 2.24) is 4.98 Å². The van der Waals surface area contributed by atoms with Crippen molar-refractivity contribution in [3.63, 3.8) is 0 Å². The van der Waals surface area contributed by atoms with E-state index >= 15 is 0 Å². The Bertz CT molecular complexity index is 1560. The fraction of sp³-hybridized carbons (Fsp3) is 0.207. The van der Waals surface area contributed by atoms with E-state index in [-0.39, 0.29) is 11.3 Å². The van der Waals surface area contributed by atoms with E-state index in [0.717, 1.165) is 32.2 Å². The first-order valence-corrected chi connectivity index (χ1v) is 13.6. The first kappa shape index (κ1) is 25.2.